The van der Waals surface area contributed by atoms with Gasteiger partial charge in [-0.3, -0.25) is 4.79 Å². The third kappa shape index (κ3) is 3.93. The lowest BCUT2D eigenvalue weighted by molar-refractivity contribution is 0.0378. The van der Waals surface area contributed by atoms with Crippen LogP contribution in [-0.4, -0.2) is 18.0 Å². The minimum atomic E-state index is -0.368. The lowest BCUT2D eigenvalue weighted by Crippen LogP contribution is -2.17. The Labute approximate surface area is 182 Å². The summed E-state index contributed by atoms with van der Waals surface area (Å²) in [6.45, 7) is 5.66. The summed E-state index contributed by atoms with van der Waals surface area (Å²) >= 11 is 9.36. The predicted molar refractivity (Wildman–Crippen MR) is 121 cm³/mol. The van der Waals surface area contributed by atoms with Crippen molar-refractivity contribution < 1.29 is 14.3 Å². The topological polar surface area (TPSA) is 55.4 Å². The molecule has 1 aliphatic carbocycles. The zero-order chi connectivity index (χ0) is 20.7. The third-order valence-electron chi connectivity index (χ3n) is 4.94. The molecule has 4 rings (SSSR count). The summed E-state index contributed by atoms with van der Waals surface area (Å²) in [5, 5.41) is 4.85. The van der Waals surface area contributed by atoms with Crippen molar-refractivity contribution in [2.24, 2.45) is 0 Å². The van der Waals surface area contributed by atoms with Crippen molar-refractivity contribution in [1.29, 1.82) is 0 Å². The van der Waals surface area contributed by atoms with Gasteiger partial charge in [-0.05, 0) is 63.6 Å². The molecule has 2 heterocycles. The van der Waals surface area contributed by atoms with Crippen LogP contribution in [-0.2, 0) is 17.6 Å². The summed E-state index contributed by atoms with van der Waals surface area (Å²) in [4.78, 5) is 27.5. The molecular weight excluding hydrogens is 426 g/mol. The number of nitrogens with one attached hydrogen (secondary N) is 1. The van der Waals surface area contributed by atoms with Crippen LogP contribution in [0.4, 0.5) is 5.00 Å². The number of halogens is 1. The first-order valence-corrected chi connectivity index (χ1v) is 11.7. The number of benzene rings is 1. The Kier molecular flexibility index (Phi) is 5.69. The Morgan fingerprint density at radius 1 is 1.17 bits per heavy atom. The van der Waals surface area contributed by atoms with Gasteiger partial charge in [0.2, 0.25) is 0 Å². The number of carbonyl (C=O) groups is 2. The van der Waals surface area contributed by atoms with Crippen LogP contribution in [0.5, 0.6) is 0 Å². The summed E-state index contributed by atoms with van der Waals surface area (Å²) < 4.78 is 6.44. The van der Waals surface area contributed by atoms with Crippen molar-refractivity contribution in [3.05, 3.63) is 49.7 Å². The number of aryl methyl sites for hydroxylation is 2. The van der Waals surface area contributed by atoms with Gasteiger partial charge in [0.1, 0.15) is 9.88 Å². The van der Waals surface area contributed by atoms with Crippen LogP contribution >= 0.6 is 34.3 Å². The lowest BCUT2D eigenvalue weighted by atomic mass is 9.95. The van der Waals surface area contributed by atoms with E-state index in [1.165, 1.54) is 27.6 Å². The van der Waals surface area contributed by atoms with E-state index in [4.69, 9.17) is 16.3 Å². The molecule has 2 aromatic heterocycles. The van der Waals surface area contributed by atoms with E-state index >= 15 is 0 Å². The van der Waals surface area contributed by atoms with E-state index in [0.717, 1.165) is 46.9 Å². The Morgan fingerprint density at radius 3 is 2.69 bits per heavy atom. The average molecular weight is 448 g/mol. The number of carbonyl (C=O) groups excluding carboxylic acids is 2. The van der Waals surface area contributed by atoms with Crippen LogP contribution in [0.2, 0.25) is 5.02 Å². The summed E-state index contributed by atoms with van der Waals surface area (Å²) in [6.07, 6.45) is 3.70. The van der Waals surface area contributed by atoms with E-state index in [-0.39, 0.29) is 18.0 Å². The van der Waals surface area contributed by atoms with Crippen molar-refractivity contribution >= 4 is 61.2 Å². The Bertz CT molecular complexity index is 1110. The van der Waals surface area contributed by atoms with Gasteiger partial charge >= 0.3 is 5.97 Å². The number of anilines is 1. The third-order valence-corrected chi connectivity index (χ3v) is 7.80. The molecule has 0 aliphatic heterocycles. The molecule has 1 aromatic carbocycles. The van der Waals surface area contributed by atoms with Gasteiger partial charge in [-0.15, -0.1) is 22.7 Å². The summed E-state index contributed by atoms with van der Waals surface area (Å²) in [5.74, 6) is -0.654. The molecule has 7 heteroatoms. The van der Waals surface area contributed by atoms with Crippen LogP contribution in [0.25, 0.3) is 10.1 Å². The van der Waals surface area contributed by atoms with Gasteiger partial charge < -0.3 is 10.1 Å². The Hall–Kier alpha value is -1.89. The fraction of sp³-hybridized carbons (Fsp3) is 0.364. The van der Waals surface area contributed by atoms with Gasteiger partial charge in [0.05, 0.1) is 16.7 Å². The molecule has 3 aromatic rings. The molecule has 0 saturated carbocycles. The van der Waals surface area contributed by atoms with Crippen LogP contribution in [0.15, 0.2) is 18.2 Å². The van der Waals surface area contributed by atoms with E-state index in [9.17, 15) is 9.59 Å². The number of rotatable bonds is 4. The second kappa shape index (κ2) is 8.09. The molecule has 4 nitrogen and oxygen atoms in total. The van der Waals surface area contributed by atoms with E-state index in [1.807, 2.05) is 39.0 Å². The molecule has 29 heavy (non-hydrogen) atoms. The smallest absolute Gasteiger partial charge is 0.341 e. The molecule has 0 atom stereocenters. The first kappa shape index (κ1) is 20.4. The second-order valence-corrected chi connectivity index (χ2v) is 10.1. The standard InChI is InChI=1S/C22H22ClNO3S2/c1-11(2)27-22(26)17-13-6-4-5-7-15(13)29-21(17)24-20(25)19-18(23)14-9-8-12(3)10-16(14)28-19/h8-11H,4-7H2,1-3H3,(H,24,25). The van der Waals surface area contributed by atoms with Crippen LogP contribution in [0.3, 0.4) is 0 Å². The van der Waals surface area contributed by atoms with Crippen molar-refractivity contribution in [1.82, 2.24) is 0 Å². The van der Waals surface area contributed by atoms with Crippen molar-refractivity contribution in [3.8, 4) is 0 Å². The minimum absolute atomic E-state index is 0.217. The molecule has 152 valence electrons. The van der Waals surface area contributed by atoms with Gasteiger partial charge in [-0.2, -0.15) is 0 Å². The lowest BCUT2D eigenvalue weighted by Gasteiger charge is -2.14. The maximum absolute atomic E-state index is 13.1. The Morgan fingerprint density at radius 2 is 1.93 bits per heavy atom. The molecule has 0 unspecified atom stereocenters. The highest BCUT2D eigenvalue weighted by atomic mass is 35.5. The van der Waals surface area contributed by atoms with Gasteiger partial charge in [0.15, 0.2) is 0 Å². The molecular formula is C22H22ClNO3S2. The SMILES string of the molecule is Cc1ccc2c(Cl)c(C(=O)Nc3sc4c(c3C(=O)OC(C)C)CCCC4)sc2c1. The largest absolute Gasteiger partial charge is 0.459 e. The number of esters is 1. The summed E-state index contributed by atoms with van der Waals surface area (Å²) in [6, 6.07) is 5.95. The Balaban J connectivity index is 1.70. The highest BCUT2D eigenvalue weighted by Gasteiger charge is 2.29. The van der Waals surface area contributed by atoms with E-state index in [2.05, 4.69) is 5.32 Å². The van der Waals surface area contributed by atoms with Crippen LogP contribution < -0.4 is 5.32 Å². The van der Waals surface area contributed by atoms with Crippen molar-refractivity contribution in [3.63, 3.8) is 0 Å². The number of hydrogen-bond acceptors (Lipinski definition) is 5. The normalized spacial score (nSPS) is 13.6. The average Bonchev–Trinajstić information content (AvgIpc) is 3.18. The van der Waals surface area contributed by atoms with Crippen LogP contribution in [0.1, 0.15) is 62.7 Å². The minimum Gasteiger partial charge on any atom is -0.459 e. The maximum Gasteiger partial charge on any atom is 0.341 e. The highest BCUT2D eigenvalue weighted by Crippen LogP contribution is 2.40. The zero-order valence-corrected chi connectivity index (χ0v) is 18.9. The van der Waals surface area contributed by atoms with Gasteiger partial charge in [0, 0.05) is 15.0 Å². The molecule has 0 saturated heterocycles. The second-order valence-electron chi connectivity index (χ2n) is 7.57. The van der Waals surface area contributed by atoms with E-state index < -0.39 is 0 Å². The predicted octanol–water partition coefficient (Wildman–Crippen LogP) is 6.62. The molecule has 1 N–H and O–H groups in total. The van der Waals surface area contributed by atoms with Crippen molar-refractivity contribution in [2.75, 3.05) is 5.32 Å². The molecule has 1 aliphatic rings. The highest BCUT2D eigenvalue weighted by molar-refractivity contribution is 7.22. The van der Waals surface area contributed by atoms with Crippen LogP contribution in [0, 0.1) is 6.92 Å². The first-order chi connectivity index (χ1) is 13.8. The van der Waals surface area contributed by atoms with Crippen molar-refractivity contribution in [2.45, 2.75) is 52.6 Å². The summed E-state index contributed by atoms with van der Waals surface area (Å²) in [7, 11) is 0. The number of ether oxygens (including phenoxy) is 1. The first-order valence-electron chi connectivity index (χ1n) is 9.70. The zero-order valence-electron chi connectivity index (χ0n) is 16.6. The van der Waals surface area contributed by atoms with E-state index in [1.54, 1.807) is 0 Å². The van der Waals surface area contributed by atoms with E-state index in [0.29, 0.717) is 20.5 Å². The molecule has 0 spiro atoms. The molecule has 1 amide bonds. The summed E-state index contributed by atoms with van der Waals surface area (Å²) in [5.41, 5.74) is 2.66. The van der Waals surface area contributed by atoms with Gasteiger partial charge in [0.25, 0.3) is 5.91 Å². The molecule has 0 bridgehead atoms. The monoisotopic (exact) mass is 447 g/mol. The number of hydrogen-bond donors (Lipinski definition) is 1. The molecule has 0 radical (unpaired) electrons. The number of thiophene rings is 2. The van der Waals surface area contributed by atoms with Gasteiger partial charge in [-0.25, -0.2) is 4.79 Å². The fourth-order valence-corrected chi connectivity index (χ4v) is 6.40. The number of amides is 1. The number of fused-ring (bicyclic) bond motifs is 2. The van der Waals surface area contributed by atoms with Gasteiger partial charge in [-0.1, -0.05) is 23.7 Å². The quantitative estimate of drug-likeness (QED) is 0.457. The molecule has 0 fully saturated rings. The maximum atomic E-state index is 13.1. The fourth-order valence-electron chi connectivity index (χ4n) is 3.62.